The number of hydrogen-bond acceptors (Lipinski definition) is 4. The second-order valence-electron chi connectivity index (χ2n) is 5.97. The topological polar surface area (TPSA) is 57.7 Å². The zero-order valence-electron chi connectivity index (χ0n) is 13.4. The lowest BCUT2D eigenvalue weighted by Gasteiger charge is -2.22. The molecule has 0 bridgehead atoms. The smallest absolute Gasteiger partial charge is 0.294 e. The summed E-state index contributed by atoms with van der Waals surface area (Å²) in [6, 6.07) is 9.38. The van der Waals surface area contributed by atoms with Crippen molar-refractivity contribution in [2.75, 3.05) is 19.6 Å². The summed E-state index contributed by atoms with van der Waals surface area (Å²) in [6.07, 6.45) is 5.93. The molecule has 5 nitrogen and oxygen atoms in total. The maximum absolute atomic E-state index is 12.5. The fourth-order valence-electron chi connectivity index (χ4n) is 2.89. The van der Waals surface area contributed by atoms with Crippen molar-refractivity contribution in [3.8, 4) is 0 Å². The number of carbonyl (C=O) groups is 3. The Morgan fingerprint density at radius 3 is 2.38 bits per heavy atom. The fraction of sp³-hybridized carbons (Fsp3) is 0.389. The molecule has 1 aromatic carbocycles. The van der Waals surface area contributed by atoms with Crippen molar-refractivity contribution < 1.29 is 14.4 Å². The van der Waals surface area contributed by atoms with Gasteiger partial charge in [-0.15, -0.1) is 0 Å². The van der Waals surface area contributed by atoms with Crippen LogP contribution in [0.25, 0.3) is 6.08 Å². The molecule has 2 aliphatic rings. The predicted octanol–water partition coefficient (Wildman–Crippen LogP) is 3.13. The van der Waals surface area contributed by atoms with Gasteiger partial charge in [0.05, 0.1) is 4.91 Å². The lowest BCUT2D eigenvalue weighted by Crippen LogP contribution is -2.42. The molecule has 0 unspecified atom stereocenters. The first kappa shape index (κ1) is 16.8. The molecule has 6 heteroatoms. The van der Waals surface area contributed by atoms with Crippen molar-refractivity contribution in [1.29, 1.82) is 0 Å². The van der Waals surface area contributed by atoms with Crippen LogP contribution in [0, 0.1) is 0 Å². The zero-order valence-corrected chi connectivity index (χ0v) is 14.3. The van der Waals surface area contributed by atoms with Crippen LogP contribution < -0.4 is 0 Å². The molecule has 1 aromatic rings. The molecule has 2 heterocycles. The molecule has 0 atom stereocenters. The number of nitrogens with zero attached hydrogens (tertiary/aromatic N) is 2. The van der Waals surface area contributed by atoms with E-state index in [0.717, 1.165) is 61.0 Å². The van der Waals surface area contributed by atoms with Gasteiger partial charge >= 0.3 is 0 Å². The van der Waals surface area contributed by atoms with Gasteiger partial charge in [-0.1, -0.05) is 43.2 Å². The van der Waals surface area contributed by atoms with E-state index in [4.69, 9.17) is 0 Å². The fourth-order valence-corrected chi connectivity index (χ4v) is 3.73. The maximum Gasteiger partial charge on any atom is 0.294 e. The number of amides is 3. The van der Waals surface area contributed by atoms with Gasteiger partial charge in [-0.25, -0.2) is 0 Å². The number of benzene rings is 1. The van der Waals surface area contributed by atoms with Crippen LogP contribution in [-0.2, 0) is 9.59 Å². The molecule has 0 aromatic heterocycles. The van der Waals surface area contributed by atoms with Gasteiger partial charge in [-0.2, -0.15) is 0 Å². The molecular weight excluding hydrogens is 324 g/mol. The summed E-state index contributed by atoms with van der Waals surface area (Å²) in [7, 11) is 0. The lowest BCUT2D eigenvalue weighted by atomic mass is 10.2. The van der Waals surface area contributed by atoms with Crippen LogP contribution in [0.5, 0.6) is 0 Å². The molecule has 126 valence electrons. The van der Waals surface area contributed by atoms with Gasteiger partial charge in [0.2, 0.25) is 5.91 Å². The standard InChI is InChI=1S/C18H20N2O3S/c21-16(19-10-6-1-2-7-11-19)13-20-17(22)15(24-18(20)23)12-14-8-4-3-5-9-14/h3-5,8-9,12H,1-2,6-7,10-11,13H2/b15-12-. The molecule has 0 saturated carbocycles. The molecule has 0 radical (unpaired) electrons. The Balaban J connectivity index is 1.68. The Labute approximate surface area is 145 Å². The first-order valence-corrected chi connectivity index (χ1v) is 9.05. The second-order valence-corrected chi connectivity index (χ2v) is 6.97. The molecule has 0 N–H and O–H groups in total. The third-order valence-corrected chi connectivity index (χ3v) is 5.13. The Morgan fingerprint density at radius 2 is 1.71 bits per heavy atom. The van der Waals surface area contributed by atoms with E-state index in [2.05, 4.69) is 0 Å². The summed E-state index contributed by atoms with van der Waals surface area (Å²) >= 11 is 0.897. The average Bonchev–Trinajstić information content (AvgIpc) is 2.80. The predicted molar refractivity (Wildman–Crippen MR) is 94.2 cm³/mol. The molecule has 3 amide bonds. The monoisotopic (exact) mass is 344 g/mol. The highest BCUT2D eigenvalue weighted by Gasteiger charge is 2.37. The van der Waals surface area contributed by atoms with E-state index in [1.165, 1.54) is 0 Å². The molecule has 2 aliphatic heterocycles. The summed E-state index contributed by atoms with van der Waals surface area (Å²) in [5.74, 6) is -0.516. The van der Waals surface area contributed by atoms with Crippen molar-refractivity contribution in [3.63, 3.8) is 0 Å². The largest absolute Gasteiger partial charge is 0.341 e. The van der Waals surface area contributed by atoms with E-state index in [1.54, 1.807) is 11.0 Å². The molecule has 0 spiro atoms. The number of carbonyl (C=O) groups excluding carboxylic acids is 3. The van der Waals surface area contributed by atoms with Gasteiger partial charge in [0.1, 0.15) is 6.54 Å². The summed E-state index contributed by atoms with van der Waals surface area (Å²) in [4.78, 5) is 40.2. The molecule has 0 aliphatic carbocycles. The quantitative estimate of drug-likeness (QED) is 0.791. The maximum atomic E-state index is 12.5. The normalized spacial score (nSPS) is 20.6. The molecule has 2 saturated heterocycles. The molecule has 24 heavy (non-hydrogen) atoms. The Hall–Kier alpha value is -2.08. The molecule has 3 rings (SSSR count). The zero-order chi connectivity index (χ0) is 16.9. The Morgan fingerprint density at radius 1 is 1.04 bits per heavy atom. The summed E-state index contributed by atoms with van der Waals surface area (Å²) < 4.78 is 0. The number of likely N-dealkylation sites (tertiary alicyclic amines) is 1. The second kappa shape index (κ2) is 7.66. The van der Waals surface area contributed by atoms with E-state index in [9.17, 15) is 14.4 Å². The summed E-state index contributed by atoms with van der Waals surface area (Å²) in [5.41, 5.74) is 0.863. The van der Waals surface area contributed by atoms with Gasteiger partial charge in [0.15, 0.2) is 0 Å². The van der Waals surface area contributed by atoms with E-state index in [-0.39, 0.29) is 23.6 Å². The Bertz CT molecular complexity index is 664. The van der Waals surface area contributed by atoms with Crippen LogP contribution in [0.1, 0.15) is 31.2 Å². The van der Waals surface area contributed by atoms with Crippen molar-refractivity contribution in [1.82, 2.24) is 9.80 Å². The van der Waals surface area contributed by atoms with E-state index < -0.39 is 0 Å². The SMILES string of the molecule is O=C(CN1C(=O)S/C(=C\c2ccccc2)C1=O)N1CCCCCC1. The number of rotatable bonds is 3. The van der Waals surface area contributed by atoms with Gasteiger partial charge in [0.25, 0.3) is 11.1 Å². The van der Waals surface area contributed by atoms with E-state index >= 15 is 0 Å². The minimum Gasteiger partial charge on any atom is -0.341 e. The molecule has 2 fully saturated rings. The Kier molecular flexibility index (Phi) is 5.35. The van der Waals surface area contributed by atoms with Crippen LogP contribution >= 0.6 is 11.8 Å². The highest BCUT2D eigenvalue weighted by atomic mass is 32.2. The minimum atomic E-state index is -0.378. The summed E-state index contributed by atoms with van der Waals surface area (Å²) in [5, 5.41) is -0.370. The minimum absolute atomic E-state index is 0.139. The average molecular weight is 344 g/mol. The third-order valence-electron chi connectivity index (χ3n) is 4.22. The van der Waals surface area contributed by atoms with Crippen LogP contribution in [0.4, 0.5) is 4.79 Å². The lowest BCUT2D eigenvalue weighted by molar-refractivity contribution is -0.135. The van der Waals surface area contributed by atoms with Crippen LogP contribution in [0.15, 0.2) is 35.2 Å². The number of thioether (sulfide) groups is 1. The summed E-state index contributed by atoms with van der Waals surface area (Å²) in [6.45, 7) is 1.28. The number of imide groups is 1. The third kappa shape index (κ3) is 3.87. The van der Waals surface area contributed by atoms with Crippen molar-refractivity contribution in [2.24, 2.45) is 0 Å². The van der Waals surface area contributed by atoms with Crippen molar-refractivity contribution >= 4 is 34.9 Å². The number of hydrogen-bond donors (Lipinski definition) is 0. The van der Waals surface area contributed by atoms with Crippen molar-refractivity contribution in [2.45, 2.75) is 25.7 Å². The van der Waals surface area contributed by atoms with Gasteiger partial charge in [0, 0.05) is 13.1 Å². The highest BCUT2D eigenvalue weighted by molar-refractivity contribution is 8.18. The van der Waals surface area contributed by atoms with Gasteiger partial charge in [-0.3, -0.25) is 19.3 Å². The van der Waals surface area contributed by atoms with Crippen LogP contribution in [0.2, 0.25) is 0 Å². The first-order valence-electron chi connectivity index (χ1n) is 8.23. The first-order chi connectivity index (χ1) is 11.6. The van der Waals surface area contributed by atoms with E-state index in [1.807, 2.05) is 30.3 Å². The van der Waals surface area contributed by atoms with Gasteiger partial charge in [-0.05, 0) is 36.2 Å². The van der Waals surface area contributed by atoms with E-state index in [0.29, 0.717) is 4.91 Å². The van der Waals surface area contributed by atoms with Crippen LogP contribution in [0.3, 0.4) is 0 Å². The highest BCUT2D eigenvalue weighted by Crippen LogP contribution is 2.32. The molecular formula is C18H20N2O3S. The van der Waals surface area contributed by atoms with Crippen LogP contribution in [-0.4, -0.2) is 46.5 Å². The van der Waals surface area contributed by atoms with Gasteiger partial charge < -0.3 is 4.90 Å². The van der Waals surface area contributed by atoms with Crippen molar-refractivity contribution in [3.05, 3.63) is 40.8 Å².